The van der Waals surface area contributed by atoms with Gasteiger partial charge in [0, 0.05) is 19.1 Å². The molecule has 0 bridgehead atoms. The van der Waals surface area contributed by atoms with Crippen LogP contribution in [0.2, 0.25) is 0 Å². The molecule has 0 spiro atoms. The first-order valence-electron chi connectivity index (χ1n) is 6.47. The average molecular weight is 330 g/mol. The predicted octanol–water partition coefficient (Wildman–Crippen LogP) is -0.975. The molecular weight excluding hydrogens is 315 g/mol. The fraction of sp³-hybridized carbons (Fsp3) is 0.500. The number of halogens is 1. The summed E-state index contributed by atoms with van der Waals surface area (Å²) in [6, 6.07) is -0.189. The summed E-state index contributed by atoms with van der Waals surface area (Å²) in [5.41, 5.74) is 6.28. The monoisotopic (exact) mass is 330 g/mol. The van der Waals surface area contributed by atoms with Crippen LogP contribution < -0.4 is 16.2 Å². The summed E-state index contributed by atoms with van der Waals surface area (Å²) in [5, 5.41) is 8.17. The summed E-state index contributed by atoms with van der Waals surface area (Å²) in [7, 11) is -3.71. The largest absolute Gasteiger partial charge is 0.368 e. The molecule has 1 aliphatic heterocycles. The molecule has 1 fully saturated rings. The molecule has 3 rings (SSSR count). The molecule has 0 saturated carbocycles. The van der Waals surface area contributed by atoms with Crippen LogP contribution in [0.5, 0.6) is 0 Å². The summed E-state index contributed by atoms with van der Waals surface area (Å²) in [6.45, 7) is -0.248. The zero-order valence-electron chi connectivity index (χ0n) is 11.5. The van der Waals surface area contributed by atoms with Gasteiger partial charge in [0.15, 0.2) is 23.8 Å². The average Bonchev–Trinajstić information content (AvgIpc) is 3.04. The summed E-state index contributed by atoms with van der Waals surface area (Å²) in [5.74, 6) is 0.322. The van der Waals surface area contributed by atoms with Gasteiger partial charge < -0.3 is 11.1 Å². The number of nitrogens with one attached hydrogen (secondary N) is 1. The number of nitrogen functional groups attached to an aromatic ring is 1. The normalized spacial score (nSPS) is 19.8. The van der Waals surface area contributed by atoms with E-state index in [0.29, 0.717) is 24.3 Å². The molecule has 2 aromatic rings. The second kappa shape index (κ2) is 5.30. The molecule has 0 amide bonds. The van der Waals surface area contributed by atoms with Crippen LogP contribution in [0.4, 0.5) is 16.2 Å². The third-order valence-electron chi connectivity index (χ3n) is 3.46. The quantitative estimate of drug-likeness (QED) is 0.653. The van der Waals surface area contributed by atoms with Crippen molar-refractivity contribution in [2.75, 3.05) is 24.1 Å². The van der Waals surface area contributed by atoms with Gasteiger partial charge in [-0.1, -0.05) is 0 Å². The number of nitrogens with zero attached hydrogens (tertiary/aromatic N) is 5. The Morgan fingerprint density at radius 3 is 2.86 bits per heavy atom. The Bertz CT molecular complexity index is 807. The van der Waals surface area contributed by atoms with Gasteiger partial charge in [-0.2, -0.15) is 22.7 Å². The van der Waals surface area contributed by atoms with Crippen molar-refractivity contribution < 1.29 is 12.8 Å². The van der Waals surface area contributed by atoms with Crippen molar-refractivity contribution in [1.82, 2.24) is 23.8 Å². The van der Waals surface area contributed by atoms with Crippen LogP contribution >= 0.6 is 0 Å². The Labute approximate surface area is 125 Å². The molecule has 1 saturated heterocycles. The SMILES string of the molecule is Nc1nc(NC2CCN(S(N)(=O)=O)C2)c2ncn(CF)c2n1. The lowest BCUT2D eigenvalue weighted by molar-refractivity contribution is 0.383. The number of aromatic nitrogens is 4. The van der Waals surface area contributed by atoms with Crippen molar-refractivity contribution in [2.45, 2.75) is 19.3 Å². The number of nitrogens with two attached hydrogens (primary N) is 2. The van der Waals surface area contributed by atoms with Gasteiger partial charge in [-0.05, 0) is 6.42 Å². The molecule has 12 heteroatoms. The third-order valence-corrected chi connectivity index (χ3v) is 4.51. The molecule has 5 N–H and O–H groups in total. The van der Waals surface area contributed by atoms with Gasteiger partial charge in [0.05, 0.1) is 6.33 Å². The number of fused-ring (bicyclic) bond motifs is 1. The van der Waals surface area contributed by atoms with Crippen LogP contribution in [0.15, 0.2) is 6.33 Å². The highest BCUT2D eigenvalue weighted by Gasteiger charge is 2.29. The van der Waals surface area contributed by atoms with E-state index in [1.165, 1.54) is 15.2 Å². The third kappa shape index (κ3) is 2.67. The molecule has 22 heavy (non-hydrogen) atoms. The molecule has 0 aliphatic carbocycles. The maximum absolute atomic E-state index is 12.9. The van der Waals surface area contributed by atoms with E-state index < -0.39 is 17.0 Å². The first-order valence-corrected chi connectivity index (χ1v) is 7.97. The lowest BCUT2D eigenvalue weighted by Gasteiger charge is -2.15. The molecule has 0 radical (unpaired) electrons. The molecule has 1 unspecified atom stereocenters. The van der Waals surface area contributed by atoms with Crippen molar-refractivity contribution in [3.63, 3.8) is 0 Å². The number of rotatable bonds is 4. The fourth-order valence-corrected chi connectivity index (χ4v) is 3.17. The fourth-order valence-electron chi connectivity index (χ4n) is 2.42. The van der Waals surface area contributed by atoms with Crippen molar-refractivity contribution in [3.05, 3.63) is 6.33 Å². The van der Waals surface area contributed by atoms with Gasteiger partial charge in [-0.3, -0.25) is 4.57 Å². The zero-order chi connectivity index (χ0) is 15.9. The van der Waals surface area contributed by atoms with Gasteiger partial charge in [0.2, 0.25) is 5.95 Å². The van der Waals surface area contributed by atoms with E-state index in [0.717, 1.165) is 0 Å². The van der Waals surface area contributed by atoms with E-state index in [4.69, 9.17) is 10.9 Å². The highest BCUT2D eigenvalue weighted by molar-refractivity contribution is 7.86. The molecule has 3 heterocycles. The maximum atomic E-state index is 12.9. The Morgan fingerprint density at radius 1 is 1.45 bits per heavy atom. The van der Waals surface area contributed by atoms with Gasteiger partial charge >= 0.3 is 0 Å². The van der Waals surface area contributed by atoms with Crippen molar-refractivity contribution >= 4 is 33.1 Å². The van der Waals surface area contributed by atoms with Crippen LogP contribution in [-0.4, -0.2) is 51.4 Å². The van der Waals surface area contributed by atoms with E-state index >= 15 is 0 Å². The molecule has 0 aromatic carbocycles. The minimum Gasteiger partial charge on any atom is -0.368 e. The predicted molar refractivity (Wildman–Crippen MR) is 77.6 cm³/mol. The topological polar surface area (TPSA) is 145 Å². The van der Waals surface area contributed by atoms with Gasteiger partial charge in [0.1, 0.15) is 0 Å². The Morgan fingerprint density at radius 2 is 2.23 bits per heavy atom. The first kappa shape index (κ1) is 14.9. The smallest absolute Gasteiger partial charge is 0.276 e. The minimum absolute atomic E-state index is 0.0218. The summed E-state index contributed by atoms with van der Waals surface area (Å²) in [4.78, 5) is 12.1. The molecule has 1 atom stereocenters. The van der Waals surface area contributed by atoms with E-state index in [1.54, 1.807) is 0 Å². The number of alkyl halides is 1. The van der Waals surface area contributed by atoms with Crippen LogP contribution in [0, 0.1) is 0 Å². The van der Waals surface area contributed by atoms with E-state index in [1.807, 2.05) is 0 Å². The Balaban J connectivity index is 1.87. The van der Waals surface area contributed by atoms with E-state index in [2.05, 4.69) is 20.3 Å². The van der Waals surface area contributed by atoms with Crippen molar-refractivity contribution in [2.24, 2.45) is 5.14 Å². The molecule has 1 aliphatic rings. The maximum Gasteiger partial charge on any atom is 0.276 e. The van der Waals surface area contributed by atoms with Gasteiger partial charge in [-0.15, -0.1) is 0 Å². The van der Waals surface area contributed by atoms with Crippen LogP contribution in [0.3, 0.4) is 0 Å². The molecule has 10 nitrogen and oxygen atoms in total. The minimum atomic E-state index is -3.71. The summed E-state index contributed by atoms with van der Waals surface area (Å²) < 4.78 is 37.9. The molecule has 120 valence electrons. The Kier molecular flexibility index (Phi) is 3.58. The molecular formula is C10H15FN8O2S. The lowest BCUT2D eigenvalue weighted by atomic mass is 10.2. The van der Waals surface area contributed by atoms with E-state index in [-0.39, 0.29) is 24.2 Å². The lowest BCUT2D eigenvalue weighted by Crippen LogP contribution is -2.36. The number of hydrogen-bond acceptors (Lipinski definition) is 7. The van der Waals surface area contributed by atoms with Crippen molar-refractivity contribution in [1.29, 1.82) is 0 Å². The summed E-state index contributed by atoms with van der Waals surface area (Å²) in [6.07, 6.45) is 1.86. The highest BCUT2D eigenvalue weighted by Crippen LogP contribution is 2.23. The number of anilines is 2. The zero-order valence-corrected chi connectivity index (χ0v) is 12.3. The van der Waals surface area contributed by atoms with Crippen LogP contribution in [0.1, 0.15) is 6.42 Å². The second-order valence-corrected chi connectivity index (χ2v) is 6.52. The number of hydrogen-bond donors (Lipinski definition) is 3. The van der Waals surface area contributed by atoms with Crippen molar-refractivity contribution in [3.8, 4) is 0 Å². The molecule has 2 aromatic heterocycles. The second-order valence-electron chi connectivity index (χ2n) is 4.97. The van der Waals surface area contributed by atoms with Gasteiger partial charge in [0.25, 0.3) is 10.2 Å². The highest BCUT2D eigenvalue weighted by atomic mass is 32.2. The summed E-state index contributed by atoms with van der Waals surface area (Å²) >= 11 is 0. The van der Waals surface area contributed by atoms with Gasteiger partial charge in [-0.25, -0.2) is 14.5 Å². The number of imidazole rings is 1. The van der Waals surface area contributed by atoms with E-state index in [9.17, 15) is 12.8 Å². The van der Waals surface area contributed by atoms with Crippen LogP contribution in [-0.2, 0) is 17.0 Å². The van der Waals surface area contributed by atoms with Crippen LogP contribution in [0.25, 0.3) is 11.2 Å². The standard InChI is InChI=1S/C10H15FN8O2S/c11-4-18-5-14-7-8(16-10(12)17-9(7)18)15-6-1-2-19(3-6)22(13,20)21/h5-6H,1-4H2,(H2,13,20,21)(H3,12,15,16,17). The first-order chi connectivity index (χ1) is 10.4. The Hall–Kier alpha value is -2.05.